The Labute approximate surface area is 119 Å². The number of imide groups is 1. The number of esters is 1. The Morgan fingerprint density at radius 1 is 1.20 bits per heavy atom. The number of amides is 2. The van der Waals surface area contributed by atoms with Gasteiger partial charge in [0.25, 0.3) is 0 Å². The predicted molar refractivity (Wildman–Crippen MR) is 71.9 cm³/mol. The van der Waals surface area contributed by atoms with Crippen molar-refractivity contribution in [3.63, 3.8) is 0 Å². The van der Waals surface area contributed by atoms with Gasteiger partial charge in [0.2, 0.25) is 5.91 Å². The molecule has 0 aromatic rings. The summed E-state index contributed by atoms with van der Waals surface area (Å²) < 4.78 is 9.98. The molecule has 0 aromatic heterocycles. The molecule has 1 aliphatic rings. The Morgan fingerprint density at radius 3 is 2.10 bits per heavy atom. The summed E-state index contributed by atoms with van der Waals surface area (Å²) in [6, 6.07) is 0. The standard InChI is InChI=1S/C14H23NO5/c1-12(2,3)20-11(18)15-9(16)13(4,5)8-14(15,6)10(17)19-7/h8H2,1-7H3/t14-/m0/s1. The topological polar surface area (TPSA) is 72.9 Å². The lowest BCUT2D eigenvalue weighted by molar-refractivity contribution is -0.155. The van der Waals surface area contributed by atoms with E-state index in [4.69, 9.17) is 9.47 Å². The van der Waals surface area contributed by atoms with Gasteiger partial charge < -0.3 is 9.47 Å². The van der Waals surface area contributed by atoms with E-state index in [0.717, 1.165) is 4.90 Å². The normalized spacial score (nSPS) is 25.6. The molecule has 6 nitrogen and oxygen atoms in total. The third-order valence-electron chi connectivity index (χ3n) is 3.26. The molecule has 0 spiro atoms. The summed E-state index contributed by atoms with van der Waals surface area (Å²) >= 11 is 0. The van der Waals surface area contributed by atoms with Gasteiger partial charge in [0, 0.05) is 5.41 Å². The quantitative estimate of drug-likeness (QED) is 0.690. The van der Waals surface area contributed by atoms with E-state index in [2.05, 4.69) is 0 Å². The number of nitrogens with zero attached hydrogens (tertiary/aromatic N) is 1. The minimum Gasteiger partial charge on any atom is -0.467 e. The van der Waals surface area contributed by atoms with Gasteiger partial charge in [0.15, 0.2) is 0 Å². The van der Waals surface area contributed by atoms with Gasteiger partial charge >= 0.3 is 12.1 Å². The summed E-state index contributed by atoms with van der Waals surface area (Å²) in [6.45, 7) is 10.0. The van der Waals surface area contributed by atoms with E-state index in [-0.39, 0.29) is 6.42 Å². The fourth-order valence-electron chi connectivity index (χ4n) is 2.52. The van der Waals surface area contributed by atoms with Gasteiger partial charge in [-0.3, -0.25) is 4.79 Å². The van der Waals surface area contributed by atoms with Gasteiger partial charge in [-0.2, -0.15) is 0 Å². The van der Waals surface area contributed by atoms with Crippen molar-refractivity contribution >= 4 is 18.0 Å². The lowest BCUT2D eigenvalue weighted by Crippen LogP contribution is -2.54. The minimum absolute atomic E-state index is 0.199. The Balaban J connectivity index is 3.21. The number of methoxy groups -OCH3 is 1. The van der Waals surface area contributed by atoms with Gasteiger partial charge in [-0.1, -0.05) is 13.8 Å². The molecule has 1 fully saturated rings. The van der Waals surface area contributed by atoms with Crippen molar-refractivity contribution in [1.82, 2.24) is 4.90 Å². The number of rotatable bonds is 1. The lowest BCUT2D eigenvalue weighted by atomic mass is 9.84. The first kappa shape index (κ1) is 16.5. The highest BCUT2D eigenvalue weighted by molar-refractivity contribution is 6.04. The van der Waals surface area contributed by atoms with Crippen LogP contribution in [-0.2, 0) is 19.1 Å². The molecule has 114 valence electrons. The molecule has 0 bridgehead atoms. The second kappa shape index (κ2) is 4.75. The van der Waals surface area contributed by atoms with Crippen molar-refractivity contribution in [2.75, 3.05) is 7.11 Å². The summed E-state index contributed by atoms with van der Waals surface area (Å²) in [4.78, 5) is 37.6. The van der Waals surface area contributed by atoms with Crippen LogP contribution in [0.3, 0.4) is 0 Å². The van der Waals surface area contributed by atoms with Crippen LogP contribution in [0.4, 0.5) is 4.79 Å². The Morgan fingerprint density at radius 2 is 1.70 bits per heavy atom. The molecule has 0 radical (unpaired) electrons. The number of hydrogen-bond donors (Lipinski definition) is 0. The first-order valence-electron chi connectivity index (χ1n) is 6.51. The number of hydrogen-bond acceptors (Lipinski definition) is 5. The van der Waals surface area contributed by atoms with E-state index in [1.807, 2.05) is 0 Å². The first-order valence-corrected chi connectivity index (χ1v) is 6.51. The van der Waals surface area contributed by atoms with Crippen molar-refractivity contribution in [2.24, 2.45) is 5.41 Å². The van der Waals surface area contributed by atoms with E-state index in [1.54, 1.807) is 34.6 Å². The third-order valence-corrected chi connectivity index (χ3v) is 3.26. The van der Waals surface area contributed by atoms with Crippen LogP contribution >= 0.6 is 0 Å². The van der Waals surface area contributed by atoms with Gasteiger partial charge in [-0.25, -0.2) is 14.5 Å². The Kier molecular flexibility index (Phi) is 3.91. The van der Waals surface area contributed by atoms with Crippen LogP contribution in [0.25, 0.3) is 0 Å². The molecule has 1 aliphatic heterocycles. The molecule has 0 saturated carbocycles. The molecule has 6 heteroatoms. The highest BCUT2D eigenvalue weighted by Crippen LogP contribution is 2.43. The lowest BCUT2D eigenvalue weighted by Gasteiger charge is -2.32. The summed E-state index contributed by atoms with van der Waals surface area (Å²) in [5.41, 5.74) is -2.90. The maximum absolute atomic E-state index is 12.4. The van der Waals surface area contributed by atoms with Crippen LogP contribution in [0.1, 0.15) is 48.0 Å². The largest absolute Gasteiger partial charge is 0.467 e. The average Bonchev–Trinajstić information content (AvgIpc) is 2.42. The Hall–Kier alpha value is -1.59. The molecular weight excluding hydrogens is 262 g/mol. The molecule has 2 amide bonds. The van der Waals surface area contributed by atoms with Gasteiger partial charge in [-0.15, -0.1) is 0 Å². The smallest absolute Gasteiger partial charge is 0.418 e. The highest BCUT2D eigenvalue weighted by atomic mass is 16.6. The maximum Gasteiger partial charge on any atom is 0.418 e. The molecule has 1 saturated heterocycles. The summed E-state index contributed by atoms with van der Waals surface area (Å²) in [7, 11) is 1.23. The highest BCUT2D eigenvalue weighted by Gasteiger charge is 2.60. The molecular formula is C14H23NO5. The zero-order valence-electron chi connectivity index (χ0n) is 13.2. The molecule has 0 aliphatic carbocycles. The molecule has 20 heavy (non-hydrogen) atoms. The zero-order chi connectivity index (χ0) is 15.9. The van der Waals surface area contributed by atoms with Crippen molar-refractivity contribution in [3.8, 4) is 0 Å². The van der Waals surface area contributed by atoms with Crippen molar-refractivity contribution in [2.45, 2.75) is 59.1 Å². The second-order valence-corrected chi connectivity index (χ2v) is 6.95. The maximum atomic E-state index is 12.4. The van der Waals surface area contributed by atoms with Gasteiger partial charge in [-0.05, 0) is 34.1 Å². The molecule has 0 aromatic carbocycles. The van der Waals surface area contributed by atoms with Crippen molar-refractivity contribution in [3.05, 3.63) is 0 Å². The Bertz CT molecular complexity index is 449. The average molecular weight is 285 g/mol. The van der Waals surface area contributed by atoms with E-state index in [9.17, 15) is 14.4 Å². The fourth-order valence-corrected chi connectivity index (χ4v) is 2.52. The number of carbonyl (C=O) groups is 3. The monoisotopic (exact) mass is 285 g/mol. The van der Waals surface area contributed by atoms with Gasteiger partial charge in [0.1, 0.15) is 11.1 Å². The van der Waals surface area contributed by atoms with E-state index < -0.39 is 34.5 Å². The predicted octanol–water partition coefficient (Wildman–Crippen LogP) is 2.11. The van der Waals surface area contributed by atoms with Crippen LogP contribution in [0, 0.1) is 5.41 Å². The van der Waals surface area contributed by atoms with Crippen LogP contribution in [0.5, 0.6) is 0 Å². The fraction of sp³-hybridized carbons (Fsp3) is 0.786. The van der Waals surface area contributed by atoms with Crippen LogP contribution < -0.4 is 0 Å². The number of carbonyl (C=O) groups excluding carboxylic acids is 3. The van der Waals surface area contributed by atoms with Crippen molar-refractivity contribution in [1.29, 1.82) is 0 Å². The SMILES string of the molecule is COC(=O)[C@]1(C)CC(C)(C)C(=O)N1C(=O)OC(C)(C)C. The minimum atomic E-state index is -1.34. The molecule has 1 heterocycles. The van der Waals surface area contributed by atoms with Gasteiger partial charge in [0.05, 0.1) is 7.11 Å². The third kappa shape index (κ3) is 2.78. The molecule has 0 unspecified atom stereocenters. The van der Waals surface area contributed by atoms with Crippen LogP contribution in [0.15, 0.2) is 0 Å². The van der Waals surface area contributed by atoms with E-state index >= 15 is 0 Å². The van der Waals surface area contributed by atoms with Crippen molar-refractivity contribution < 1.29 is 23.9 Å². The summed E-state index contributed by atoms with van der Waals surface area (Å²) in [5, 5.41) is 0. The van der Waals surface area contributed by atoms with E-state index in [1.165, 1.54) is 14.0 Å². The summed E-state index contributed by atoms with van der Waals surface area (Å²) in [5.74, 6) is -1.05. The number of likely N-dealkylation sites (tertiary alicyclic amines) is 1. The number of ether oxygens (including phenoxy) is 2. The zero-order valence-corrected chi connectivity index (χ0v) is 13.2. The molecule has 1 atom stereocenters. The van der Waals surface area contributed by atoms with Crippen LogP contribution in [-0.4, -0.2) is 41.1 Å². The summed E-state index contributed by atoms with van der Waals surface area (Å²) in [6.07, 6.45) is -0.619. The first-order chi connectivity index (χ1) is 8.85. The second-order valence-electron chi connectivity index (χ2n) is 6.95. The van der Waals surface area contributed by atoms with Crippen LogP contribution in [0.2, 0.25) is 0 Å². The van der Waals surface area contributed by atoms with E-state index in [0.29, 0.717) is 0 Å². The molecule has 0 N–H and O–H groups in total. The molecule has 1 rings (SSSR count).